The molecule has 0 aliphatic heterocycles. The number of amides is 2. The molecule has 3 aromatic rings. The highest BCUT2D eigenvalue weighted by Crippen LogP contribution is 2.14. The van der Waals surface area contributed by atoms with Crippen LogP contribution in [0.25, 0.3) is 0 Å². The maximum absolute atomic E-state index is 12.4. The number of hydrogen-bond acceptors (Lipinski definition) is 4. The van der Waals surface area contributed by atoms with Gasteiger partial charge in [-0.25, -0.2) is 9.97 Å². The lowest BCUT2D eigenvalue weighted by Crippen LogP contribution is -2.15. The number of nitrogens with one attached hydrogen (secondary N) is 2. The van der Waals surface area contributed by atoms with Crippen LogP contribution in [0.4, 0.5) is 11.6 Å². The molecule has 2 heterocycles. The maximum atomic E-state index is 12.4. The predicted octanol–water partition coefficient (Wildman–Crippen LogP) is 4.21. The van der Waals surface area contributed by atoms with E-state index in [0.717, 1.165) is 22.5 Å². The predicted molar refractivity (Wildman–Crippen MR) is 110 cm³/mol. The number of anilines is 2. The van der Waals surface area contributed by atoms with Crippen molar-refractivity contribution in [3.8, 4) is 0 Å². The zero-order valence-corrected chi connectivity index (χ0v) is 16.3. The van der Waals surface area contributed by atoms with Crippen LogP contribution in [0.2, 0.25) is 0 Å². The monoisotopic (exact) mass is 374 g/mol. The highest BCUT2D eigenvalue weighted by molar-refractivity contribution is 6.06. The Hall–Kier alpha value is -3.54. The summed E-state index contributed by atoms with van der Waals surface area (Å²) in [5.74, 6) is 0.455. The summed E-state index contributed by atoms with van der Waals surface area (Å²) in [6.07, 6.45) is 0. The lowest BCUT2D eigenvalue weighted by Gasteiger charge is -2.08. The van der Waals surface area contributed by atoms with Crippen molar-refractivity contribution in [2.45, 2.75) is 27.7 Å². The van der Waals surface area contributed by atoms with Crippen LogP contribution in [0, 0.1) is 27.7 Å². The van der Waals surface area contributed by atoms with E-state index in [1.165, 1.54) is 0 Å². The van der Waals surface area contributed by atoms with E-state index in [4.69, 9.17) is 0 Å². The Kier molecular flexibility index (Phi) is 5.49. The Balaban J connectivity index is 1.69. The van der Waals surface area contributed by atoms with E-state index in [9.17, 15) is 9.59 Å². The van der Waals surface area contributed by atoms with Crippen molar-refractivity contribution in [1.29, 1.82) is 0 Å². The highest BCUT2D eigenvalue weighted by atomic mass is 16.2. The molecule has 0 saturated carbocycles. The molecule has 28 heavy (non-hydrogen) atoms. The number of hydrogen-bond donors (Lipinski definition) is 2. The van der Waals surface area contributed by atoms with E-state index in [0.29, 0.717) is 22.8 Å². The third-order valence-electron chi connectivity index (χ3n) is 4.09. The molecule has 6 nitrogen and oxygen atoms in total. The summed E-state index contributed by atoms with van der Waals surface area (Å²) < 4.78 is 0. The molecule has 0 fully saturated rings. The summed E-state index contributed by atoms with van der Waals surface area (Å²) in [4.78, 5) is 33.5. The average Bonchev–Trinajstić information content (AvgIpc) is 2.60. The van der Waals surface area contributed by atoms with E-state index >= 15 is 0 Å². The Morgan fingerprint density at radius 3 is 1.32 bits per heavy atom. The van der Waals surface area contributed by atoms with Gasteiger partial charge < -0.3 is 10.6 Å². The number of nitrogens with zero attached hydrogens (tertiary/aromatic N) is 2. The molecular weight excluding hydrogens is 352 g/mol. The minimum absolute atomic E-state index is 0.277. The number of benzene rings is 1. The number of carbonyl (C=O) groups excluding carboxylic acids is 2. The molecule has 0 aliphatic carbocycles. The summed E-state index contributed by atoms with van der Waals surface area (Å²) in [7, 11) is 0. The molecule has 0 aliphatic rings. The summed E-state index contributed by atoms with van der Waals surface area (Å²) in [6.45, 7) is 7.64. The van der Waals surface area contributed by atoms with E-state index in [2.05, 4.69) is 20.6 Å². The minimum atomic E-state index is -0.277. The van der Waals surface area contributed by atoms with Gasteiger partial charge in [0.1, 0.15) is 11.6 Å². The molecule has 2 amide bonds. The molecular formula is C22H22N4O2. The zero-order valence-electron chi connectivity index (χ0n) is 16.3. The second kappa shape index (κ2) is 8.00. The molecule has 0 unspecified atom stereocenters. The highest BCUT2D eigenvalue weighted by Gasteiger charge is 2.11. The number of pyridine rings is 2. The maximum Gasteiger partial charge on any atom is 0.256 e. The van der Waals surface area contributed by atoms with Crippen molar-refractivity contribution in [2.75, 3.05) is 10.6 Å². The Bertz CT molecular complexity index is 918. The first-order valence-electron chi connectivity index (χ1n) is 8.93. The van der Waals surface area contributed by atoms with E-state index in [-0.39, 0.29) is 11.8 Å². The first-order valence-corrected chi connectivity index (χ1v) is 8.93. The first-order chi connectivity index (χ1) is 13.3. The van der Waals surface area contributed by atoms with Crippen molar-refractivity contribution in [2.24, 2.45) is 0 Å². The van der Waals surface area contributed by atoms with Gasteiger partial charge in [0, 0.05) is 22.5 Å². The topological polar surface area (TPSA) is 84.0 Å². The van der Waals surface area contributed by atoms with Gasteiger partial charge in [0.2, 0.25) is 0 Å². The fraction of sp³-hybridized carbons (Fsp3) is 0.182. The quantitative estimate of drug-likeness (QED) is 0.716. The van der Waals surface area contributed by atoms with Gasteiger partial charge in [0.05, 0.1) is 0 Å². The van der Waals surface area contributed by atoms with Gasteiger partial charge in [-0.3, -0.25) is 9.59 Å². The molecule has 0 atom stereocenters. The molecule has 0 radical (unpaired) electrons. The molecule has 1 aromatic carbocycles. The van der Waals surface area contributed by atoms with Crippen LogP contribution in [-0.2, 0) is 0 Å². The van der Waals surface area contributed by atoms with Crippen molar-refractivity contribution >= 4 is 23.5 Å². The SMILES string of the molecule is Cc1cc(C)nc(NC(=O)c2ccc(C(=O)Nc3cc(C)cc(C)n3)cc2)c1. The van der Waals surface area contributed by atoms with Crippen molar-refractivity contribution in [1.82, 2.24) is 9.97 Å². The molecule has 0 saturated heterocycles. The van der Waals surface area contributed by atoms with Gasteiger partial charge in [-0.1, -0.05) is 0 Å². The lowest BCUT2D eigenvalue weighted by molar-refractivity contribution is 0.101. The summed E-state index contributed by atoms with van der Waals surface area (Å²) in [5, 5.41) is 5.56. The normalized spacial score (nSPS) is 10.4. The summed E-state index contributed by atoms with van der Waals surface area (Å²) in [5.41, 5.74) is 4.61. The van der Waals surface area contributed by atoms with Gasteiger partial charge in [-0.05, 0) is 87.4 Å². The molecule has 6 heteroatoms. The average molecular weight is 374 g/mol. The zero-order chi connectivity index (χ0) is 20.3. The van der Waals surface area contributed by atoms with Crippen LogP contribution in [-0.4, -0.2) is 21.8 Å². The van der Waals surface area contributed by atoms with Crippen LogP contribution in [0.3, 0.4) is 0 Å². The second-order valence-corrected chi connectivity index (χ2v) is 6.83. The largest absolute Gasteiger partial charge is 0.307 e. The Labute approximate surface area is 164 Å². The third-order valence-corrected chi connectivity index (χ3v) is 4.09. The van der Waals surface area contributed by atoms with Crippen LogP contribution in [0.1, 0.15) is 43.2 Å². The van der Waals surface area contributed by atoms with Crippen LogP contribution in [0.5, 0.6) is 0 Å². The van der Waals surface area contributed by atoms with E-state index < -0.39 is 0 Å². The molecule has 3 rings (SSSR count). The van der Waals surface area contributed by atoms with Gasteiger partial charge in [0.25, 0.3) is 11.8 Å². The van der Waals surface area contributed by atoms with Crippen LogP contribution < -0.4 is 10.6 Å². The minimum Gasteiger partial charge on any atom is -0.307 e. The van der Waals surface area contributed by atoms with E-state index in [1.807, 2.05) is 52.0 Å². The third kappa shape index (κ3) is 4.79. The van der Waals surface area contributed by atoms with Crippen LogP contribution in [0.15, 0.2) is 48.5 Å². The molecule has 0 spiro atoms. The van der Waals surface area contributed by atoms with E-state index in [1.54, 1.807) is 24.3 Å². The molecule has 142 valence electrons. The lowest BCUT2D eigenvalue weighted by atomic mass is 10.1. The van der Waals surface area contributed by atoms with Gasteiger partial charge in [0.15, 0.2) is 0 Å². The Morgan fingerprint density at radius 1 is 0.643 bits per heavy atom. The first kappa shape index (κ1) is 19.2. The van der Waals surface area contributed by atoms with Crippen molar-refractivity contribution < 1.29 is 9.59 Å². The fourth-order valence-electron chi connectivity index (χ4n) is 2.96. The van der Waals surface area contributed by atoms with Crippen LogP contribution >= 0.6 is 0 Å². The second-order valence-electron chi connectivity index (χ2n) is 6.83. The van der Waals surface area contributed by atoms with Gasteiger partial charge in [-0.2, -0.15) is 0 Å². The number of aryl methyl sites for hydroxylation is 4. The Morgan fingerprint density at radius 2 is 1.00 bits per heavy atom. The summed E-state index contributed by atoms with van der Waals surface area (Å²) >= 11 is 0. The number of aromatic nitrogens is 2. The molecule has 2 N–H and O–H groups in total. The fourth-order valence-corrected chi connectivity index (χ4v) is 2.96. The van der Waals surface area contributed by atoms with Crippen molar-refractivity contribution in [3.63, 3.8) is 0 Å². The summed E-state index contributed by atoms with van der Waals surface area (Å²) in [6, 6.07) is 13.9. The number of carbonyl (C=O) groups is 2. The van der Waals surface area contributed by atoms with Crippen molar-refractivity contribution in [3.05, 3.63) is 82.2 Å². The standard InChI is InChI=1S/C22H22N4O2/c1-13-9-15(3)23-19(11-13)25-21(27)17-5-7-18(8-6-17)22(28)26-20-12-14(2)10-16(4)24-20/h5-12H,1-4H3,(H,23,25,27)(H,24,26,28). The van der Waals surface area contributed by atoms with Gasteiger partial charge in [-0.15, -0.1) is 0 Å². The smallest absolute Gasteiger partial charge is 0.256 e. The molecule has 0 bridgehead atoms. The van der Waals surface area contributed by atoms with Gasteiger partial charge >= 0.3 is 0 Å². The number of rotatable bonds is 4. The molecule has 2 aromatic heterocycles.